The van der Waals surface area contributed by atoms with Crippen molar-refractivity contribution in [2.24, 2.45) is 11.5 Å². The van der Waals surface area contributed by atoms with E-state index in [1.165, 1.54) is 9.48 Å². The van der Waals surface area contributed by atoms with Gasteiger partial charge in [-0.05, 0) is 18.2 Å². The van der Waals surface area contributed by atoms with Crippen LogP contribution < -0.4 is 42.0 Å². The van der Waals surface area contributed by atoms with E-state index in [0.29, 0.717) is 18.0 Å². The van der Waals surface area contributed by atoms with Crippen molar-refractivity contribution in [3.63, 3.8) is 0 Å². The van der Waals surface area contributed by atoms with Crippen molar-refractivity contribution in [2.75, 3.05) is 31.1 Å². The Morgan fingerprint density at radius 1 is 1.16 bits per heavy atom. The summed E-state index contributed by atoms with van der Waals surface area (Å²) in [4.78, 5) is 45.4. The second-order valence-corrected chi connectivity index (χ2v) is 12.5. The van der Waals surface area contributed by atoms with Crippen molar-refractivity contribution in [2.45, 2.75) is 48.8 Å². The lowest BCUT2D eigenvalue weighted by Gasteiger charge is -2.41. The number of guanidine groups is 2. The van der Waals surface area contributed by atoms with Gasteiger partial charge in [-0.3, -0.25) is 41.2 Å². The molecule has 230 valence electrons. The normalized spacial score (nSPS) is 29.4. The van der Waals surface area contributed by atoms with E-state index < -0.39 is 47.4 Å². The number of fused-ring (bicyclic) bond motifs is 1. The molecular formula is C29H35N9O6+2. The monoisotopic (exact) mass is 605 g/mol. The lowest BCUT2D eigenvalue weighted by molar-refractivity contribution is -0.674. The Hall–Kier alpha value is -4.89. The summed E-state index contributed by atoms with van der Waals surface area (Å²) in [6, 6.07) is 10.6. The number of carbonyl (C=O) groups excluding carboxylic acids is 3. The van der Waals surface area contributed by atoms with Gasteiger partial charge in [0.15, 0.2) is 6.04 Å². The van der Waals surface area contributed by atoms with Gasteiger partial charge in [0, 0.05) is 16.7 Å². The highest BCUT2D eigenvalue weighted by atomic mass is 16.5. The fourth-order valence-electron chi connectivity index (χ4n) is 7.09. The van der Waals surface area contributed by atoms with Crippen LogP contribution in [0.15, 0.2) is 48.5 Å². The van der Waals surface area contributed by atoms with Gasteiger partial charge in [-0.15, -0.1) is 0 Å². The van der Waals surface area contributed by atoms with Crippen molar-refractivity contribution in [3.05, 3.63) is 59.7 Å². The standard InChI is InChI=1S/C29H33N9O6/c1-27(2)14-44-21-16(9-6-10-17(21)27)23(40)33-19-12-38-25(31)32-18(22-28(38,29(19,42)43)35-24(30)34-22)11-37-20(39)13-36(26(37)41)15-7-4-3-5-8-15/h3-10,18-19,22,42-43H,11-14H2,1-2H3,(H6,30,31,32,33,34,35,40)/p+2/t18-,19?,22-,28?/m0/s1. The number of aliphatic hydroxyl groups is 2. The van der Waals surface area contributed by atoms with E-state index in [4.69, 9.17) is 16.2 Å². The van der Waals surface area contributed by atoms with Crippen LogP contribution in [0.1, 0.15) is 29.8 Å². The van der Waals surface area contributed by atoms with Crippen molar-refractivity contribution in [1.29, 1.82) is 0 Å². The zero-order valence-electron chi connectivity index (χ0n) is 24.2. The smallest absolute Gasteiger partial charge is 0.347 e. The molecule has 2 fully saturated rings. The Morgan fingerprint density at radius 2 is 1.91 bits per heavy atom. The molecule has 2 aromatic rings. The maximum absolute atomic E-state index is 13.6. The Bertz CT molecular complexity index is 1660. The third-order valence-corrected chi connectivity index (χ3v) is 9.33. The number of nitrogens with two attached hydrogens (primary N) is 2. The lowest BCUT2D eigenvalue weighted by atomic mass is 9.84. The average molecular weight is 606 g/mol. The molecule has 0 saturated carbocycles. The van der Waals surface area contributed by atoms with E-state index in [9.17, 15) is 24.6 Å². The topological polar surface area (TPSA) is 212 Å². The summed E-state index contributed by atoms with van der Waals surface area (Å²) in [5, 5.41) is 32.5. The number of anilines is 1. The van der Waals surface area contributed by atoms with Crippen LogP contribution in [0.5, 0.6) is 5.75 Å². The molecule has 10 N–H and O–H groups in total. The van der Waals surface area contributed by atoms with Gasteiger partial charge < -0.3 is 20.3 Å². The first-order valence-electron chi connectivity index (χ1n) is 14.4. The first kappa shape index (κ1) is 27.9. The zero-order valence-corrected chi connectivity index (χ0v) is 24.2. The third-order valence-electron chi connectivity index (χ3n) is 9.33. The lowest BCUT2D eigenvalue weighted by Crippen LogP contribution is -2.92. The number of amides is 4. The molecule has 0 bridgehead atoms. The maximum Gasteiger partial charge on any atom is 0.347 e. The molecule has 7 rings (SSSR count). The molecule has 4 atom stereocenters. The predicted octanol–water partition coefficient (Wildman–Crippen LogP) is -4.02. The quantitative estimate of drug-likeness (QED) is 0.0939. The van der Waals surface area contributed by atoms with Crippen LogP contribution in [0, 0.1) is 0 Å². The molecular weight excluding hydrogens is 570 g/mol. The summed E-state index contributed by atoms with van der Waals surface area (Å²) < 4.78 is 7.36. The summed E-state index contributed by atoms with van der Waals surface area (Å²) in [5.74, 6) is -3.08. The van der Waals surface area contributed by atoms with Gasteiger partial charge in [-0.2, -0.15) is 0 Å². The molecule has 2 unspecified atom stereocenters. The number of hydrogen-bond acceptors (Lipinski definition) is 10. The first-order valence-corrected chi connectivity index (χ1v) is 14.4. The number of ether oxygens (including phenoxy) is 1. The number of carbonyl (C=O) groups is 3. The Kier molecular flexibility index (Phi) is 5.90. The van der Waals surface area contributed by atoms with Gasteiger partial charge in [-0.25, -0.2) is 14.7 Å². The van der Waals surface area contributed by atoms with Crippen LogP contribution in [0.2, 0.25) is 0 Å². The number of urea groups is 1. The molecule has 2 aromatic carbocycles. The minimum absolute atomic E-state index is 0.0300. The molecule has 5 heterocycles. The van der Waals surface area contributed by atoms with Crippen LogP contribution in [-0.2, 0) is 10.2 Å². The first-order chi connectivity index (χ1) is 20.8. The molecule has 0 aliphatic carbocycles. The second-order valence-electron chi connectivity index (χ2n) is 12.5. The SMILES string of the molecule is CC1(C)COc2c(C(=O)NC3C[N+]4=C(N)N[C@@H](CN5C(=O)CN(c6ccccc6)C5=O)[C@@H]5[NH+]=C(N)NC54C3(O)O)cccc21. The predicted molar refractivity (Wildman–Crippen MR) is 155 cm³/mol. The van der Waals surface area contributed by atoms with Crippen LogP contribution in [0.4, 0.5) is 10.5 Å². The number of para-hydroxylation sites is 2. The largest absolute Gasteiger partial charge is 0.492 e. The highest BCUT2D eigenvalue weighted by Gasteiger charge is 2.78. The van der Waals surface area contributed by atoms with Gasteiger partial charge in [0.1, 0.15) is 24.4 Å². The number of imide groups is 1. The van der Waals surface area contributed by atoms with Crippen molar-refractivity contribution >= 4 is 35.5 Å². The summed E-state index contributed by atoms with van der Waals surface area (Å²) in [5.41, 5.74) is 12.3. The molecule has 5 aliphatic rings. The molecule has 2 saturated heterocycles. The minimum Gasteiger partial charge on any atom is -0.492 e. The second kappa shape index (κ2) is 9.30. The molecule has 0 aromatic heterocycles. The number of hydrogen-bond donors (Lipinski definition) is 8. The van der Waals surface area contributed by atoms with E-state index >= 15 is 0 Å². The summed E-state index contributed by atoms with van der Waals surface area (Å²) in [7, 11) is 0. The van der Waals surface area contributed by atoms with Crippen LogP contribution in [-0.4, -0.2) is 105 Å². The number of rotatable bonds is 5. The molecule has 4 amide bonds. The van der Waals surface area contributed by atoms with Gasteiger partial charge in [0.05, 0.1) is 25.3 Å². The number of nitrogens with one attached hydrogen (secondary N) is 4. The average Bonchev–Trinajstić information content (AvgIpc) is 3.66. The van der Waals surface area contributed by atoms with E-state index in [1.54, 1.807) is 36.4 Å². The van der Waals surface area contributed by atoms with Gasteiger partial charge in [0.25, 0.3) is 23.3 Å². The highest BCUT2D eigenvalue weighted by molar-refractivity contribution is 6.12. The molecule has 15 heteroatoms. The van der Waals surface area contributed by atoms with E-state index in [-0.39, 0.29) is 42.5 Å². The molecule has 0 radical (unpaired) electrons. The highest BCUT2D eigenvalue weighted by Crippen LogP contribution is 2.42. The van der Waals surface area contributed by atoms with Gasteiger partial charge in [0.2, 0.25) is 0 Å². The maximum atomic E-state index is 13.6. The molecule has 1 spiro atoms. The number of benzene rings is 2. The molecule has 15 nitrogen and oxygen atoms in total. The zero-order chi connectivity index (χ0) is 31.2. The minimum atomic E-state index is -2.64. The van der Waals surface area contributed by atoms with E-state index in [2.05, 4.69) is 20.9 Å². The summed E-state index contributed by atoms with van der Waals surface area (Å²) in [6.45, 7) is 4.05. The molecule has 44 heavy (non-hydrogen) atoms. The van der Waals surface area contributed by atoms with Crippen LogP contribution in [0.3, 0.4) is 0 Å². The van der Waals surface area contributed by atoms with Gasteiger partial charge in [-0.1, -0.05) is 44.2 Å². The Labute approximate surface area is 252 Å². The Balaban J connectivity index is 1.17. The fraction of sp³-hybridized carbons (Fsp3) is 0.414. The summed E-state index contributed by atoms with van der Waals surface area (Å²) in [6.07, 6.45) is 0. The van der Waals surface area contributed by atoms with Crippen molar-refractivity contribution in [3.8, 4) is 5.75 Å². The van der Waals surface area contributed by atoms with E-state index in [1.807, 2.05) is 26.0 Å². The van der Waals surface area contributed by atoms with Crippen LogP contribution in [0.25, 0.3) is 0 Å². The third kappa shape index (κ3) is 3.78. The van der Waals surface area contributed by atoms with Crippen molar-refractivity contribution in [1.82, 2.24) is 20.9 Å². The summed E-state index contributed by atoms with van der Waals surface area (Å²) >= 11 is 0. The Morgan fingerprint density at radius 3 is 2.66 bits per heavy atom. The van der Waals surface area contributed by atoms with Crippen LogP contribution >= 0.6 is 0 Å². The fourth-order valence-corrected chi connectivity index (χ4v) is 7.09. The molecule has 5 aliphatic heterocycles. The number of nitrogens with zero attached hydrogens (tertiary/aromatic N) is 3. The van der Waals surface area contributed by atoms with Gasteiger partial charge >= 0.3 is 18.0 Å². The van der Waals surface area contributed by atoms with Crippen molar-refractivity contribution < 1.29 is 38.9 Å². The van der Waals surface area contributed by atoms with E-state index in [0.717, 1.165) is 10.5 Å².